The summed E-state index contributed by atoms with van der Waals surface area (Å²) in [6, 6.07) is 22.9. The van der Waals surface area contributed by atoms with Gasteiger partial charge in [-0.1, -0.05) is 30.3 Å². The molecule has 1 aromatic heterocycles. The maximum atomic E-state index is 13.2. The number of rotatable bonds is 5. The summed E-state index contributed by atoms with van der Waals surface area (Å²) in [5, 5.41) is 4.67. The van der Waals surface area contributed by atoms with Crippen molar-refractivity contribution >= 4 is 5.91 Å². The second-order valence-corrected chi connectivity index (χ2v) is 6.91. The molecular formula is C25H22N2O3. The number of nitrogens with zero attached hydrogens (tertiary/aromatic N) is 2. The molecule has 5 nitrogen and oxygen atoms in total. The Labute approximate surface area is 175 Å². The van der Waals surface area contributed by atoms with Crippen LogP contribution in [0, 0.1) is 6.92 Å². The summed E-state index contributed by atoms with van der Waals surface area (Å²) in [5.41, 5.74) is 4.98. The van der Waals surface area contributed by atoms with Crippen molar-refractivity contribution in [2.24, 2.45) is 0 Å². The molecule has 0 unspecified atom stereocenters. The van der Waals surface area contributed by atoms with Crippen LogP contribution < -0.4 is 9.47 Å². The van der Waals surface area contributed by atoms with E-state index in [1.54, 1.807) is 20.4 Å². The zero-order valence-corrected chi connectivity index (χ0v) is 17.1. The third-order valence-corrected chi connectivity index (χ3v) is 5.06. The normalized spacial score (nSPS) is 10.6. The molecular weight excluding hydrogens is 376 g/mol. The molecule has 0 saturated heterocycles. The van der Waals surface area contributed by atoms with Gasteiger partial charge in [0.15, 0.2) is 0 Å². The number of ether oxygens (including phenoxy) is 2. The minimum atomic E-state index is -0.164. The van der Waals surface area contributed by atoms with Gasteiger partial charge in [-0.2, -0.15) is 5.10 Å². The highest BCUT2D eigenvalue weighted by Crippen LogP contribution is 2.33. The van der Waals surface area contributed by atoms with Gasteiger partial charge < -0.3 is 9.47 Å². The summed E-state index contributed by atoms with van der Waals surface area (Å²) in [6.45, 7) is 1.92. The van der Waals surface area contributed by atoms with Gasteiger partial charge in [0.1, 0.15) is 17.2 Å². The van der Waals surface area contributed by atoms with E-state index >= 15 is 0 Å². The first-order chi connectivity index (χ1) is 14.6. The molecule has 0 aliphatic rings. The first kappa shape index (κ1) is 19.5. The molecule has 0 amide bonds. The van der Waals surface area contributed by atoms with Crippen molar-refractivity contribution in [1.29, 1.82) is 0 Å². The highest BCUT2D eigenvalue weighted by Gasteiger charge is 2.19. The van der Waals surface area contributed by atoms with Crippen LogP contribution in [-0.2, 0) is 0 Å². The molecule has 0 radical (unpaired) electrons. The molecule has 0 aliphatic heterocycles. The largest absolute Gasteiger partial charge is 0.497 e. The summed E-state index contributed by atoms with van der Waals surface area (Å²) in [6.07, 6.45) is 1.79. The molecule has 0 fully saturated rings. The number of aromatic nitrogens is 2. The number of aryl methyl sites for hydroxylation is 1. The third kappa shape index (κ3) is 3.70. The van der Waals surface area contributed by atoms with Crippen molar-refractivity contribution in [2.75, 3.05) is 14.2 Å². The molecule has 0 N–H and O–H groups in total. The second-order valence-electron chi connectivity index (χ2n) is 6.91. The van der Waals surface area contributed by atoms with Crippen LogP contribution in [0.2, 0.25) is 0 Å². The molecule has 0 spiro atoms. The molecule has 150 valence electrons. The van der Waals surface area contributed by atoms with Crippen molar-refractivity contribution < 1.29 is 14.3 Å². The zero-order valence-electron chi connectivity index (χ0n) is 17.1. The minimum absolute atomic E-state index is 0.164. The van der Waals surface area contributed by atoms with Crippen LogP contribution in [0.25, 0.3) is 22.4 Å². The Morgan fingerprint density at radius 1 is 0.800 bits per heavy atom. The van der Waals surface area contributed by atoms with Gasteiger partial charge in [-0.15, -0.1) is 0 Å². The van der Waals surface area contributed by atoms with Crippen molar-refractivity contribution in [3.63, 3.8) is 0 Å². The van der Waals surface area contributed by atoms with Crippen LogP contribution in [0.15, 0.2) is 79.0 Å². The van der Waals surface area contributed by atoms with Crippen LogP contribution >= 0.6 is 0 Å². The van der Waals surface area contributed by atoms with E-state index in [4.69, 9.17) is 9.47 Å². The molecule has 0 bridgehead atoms. The number of hydrogen-bond donors (Lipinski definition) is 0. The molecule has 0 atom stereocenters. The zero-order chi connectivity index (χ0) is 21.1. The van der Waals surface area contributed by atoms with Gasteiger partial charge in [-0.05, 0) is 60.5 Å². The Hall–Kier alpha value is -3.86. The van der Waals surface area contributed by atoms with E-state index in [0.717, 1.165) is 39.4 Å². The average molecular weight is 398 g/mol. The fraction of sp³-hybridized carbons (Fsp3) is 0.120. The van der Waals surface area contributed by atoms with E-state index < -0.39 is 0 Å². The molecule has 0 saturated carbocycles. The summed E-state index contributed by atoms with van der Waals surface area (Å²) < 4.78 is 12.0. The van der Waals surface area contributed by atoms with E-state index in [0.29, 0.717) is 5.56 Å². The molecule has 4 rings (SSSR count). The van der Waals surface area contributed by atoms with E-state index in [2.05, 4.69) is 5.10 Å². The van der Waals surface area contributed by atoms with Crippen LogP contribution in [0.5, 0.6) is 11.5 Å². The molecule has 1 heterocycles. The van der Waals surface area contributed by atoms with Gasteiger partial charge in [0.2, 0.25) is 0 Å². The summed E-state index contributed by atoms with van der Waals surface area (Å²) in [7, 11) is 3.27. The first-order valence-electron chi connectivity index (χ1n) is 9.59. The molecule has 0 aliphatic carbocycles. The average Bonchev–Trinajstić information content (AvgIpc) is 3.24. The fourth-order valence-electron chi connectivity index (χ4n) is 3.36. The van der Waals surface area contributed by atoms with Crippen LogP contribution in [0.3, 0.4) is 0 Å². The lowest BCUT2D eigenvalue weighted by molar-refractivity contribution is 0.0945. The highest BCUT2D eigenvalue weighted by molar-refractivity contribution is 5.98. The van der Waals surface area contributed by atoms with Gasteiger partial charge in [0.05, 0.1) is 14.2 Å². The Morgan fingerprint density at radius 2 is 1.37 bits per heavy atom. The quantitative estimate of drug-likeness (QED) is 0.462. The van der Waals surface area contributed by atoms with E-state index in [9.17, 15) is 4.79 Å². The van der Waals surface area contributed by atoms with E-state index in [1.165, 1.54) is 4.68 Å². The fourth-order valence-corrected chi connectivity index (χ4v) is 3.36. The highest BCUT2D eigenvalue weighted by atomic mass is 16.5. The minimum Gasteiger partial charge on any atom is -0.497 e. The summed E-state index contributed by atoms with van der Waals surface area (Å²) in [4.78, 5) is 13.2. The maximum absolute atomic E-state index is 13.2. The number of benzene rings is 3. The van der Waals surface area contributed by atoms with Crippen LogP contribution in [-0.4, -0.2) is 29.9 Å². The Morgan fingerprint density at radius 3 is 1.93 bits per heavy atom. The van der Waals surface area contributed by atoms with Crippen molar-refractivity contribution in [1.82, 2.24) is 9.78 Å². The standard InChI is InChI=1S/C25H22N2O3/c1-17-6-4-5-7-22(17)25(28)27-16-23(18-8-12-20(29-2)13-9-18)24(26-27)19-10-14-21(30-3)15-11-19/h4-16H,1-3H3. The van der Waals surface area contributed by atoms with Gasteiger partial charge >= 0.3 is 0 Å². The van der Waals surface area contributed by atoms with Crippen LogP contribution in [0.4, 0.5) is 0 Å². The lowest BCUT2D eigenvalue weighted by Gasteiger charge is -2.05. The number of methoxy groups -OCH3 is 2. The van der Waals surface area contributed by atoms with Crippen LogP contribution in [0.1, 0.15) is 15.9 Å². The van der Waals surface area contributed by atoms with Crippen molar-refractivity contribution in [3.05, 3.63) is 90.1 Å². The van der Waals surface area contributed by atoms with Gasteiger partial charge in [0.25, 0.3) is 5.91 Å². The first-order valence-corrected chi connectivity index (χ1v) is 9.59. The maximum Gasteiger partial charge on any atom is 0.278 e. The molecule has 5 heteroatoms. The van der Waals surface area contributed by atoms with Gasteiger partial charge in [-0.25, -0.2) is 4.68 Å². The second kappa shape index (κ2) is 8.25. The third-order valence-electron chi connectivity index (χ3n) is 5.06. The summed E-state index contributed by atoms with van der Waals surface area (Å²) >= 11 is 0. The van der Waals surface area contributed by atoms with Crippen molar-refractivity contribution in [3.8, 4) is 33.9 Å². The number of carbonyl (C=O) groups is 1. The van der Waals surface area contributed by atoms with Gasteiger partial charge in [0, 0.05) is 22.9 Å². The Kier molecular flexibility index (Phi) is 5.35. The predicted octanol–water partition coefficient (Wildman–Crippen LogP) is 5.23. The Balaban J connectivity index is 1.83. The van der Waals surface area contributed by atoms with Crippen molar-refractivity contribution in [2.45, 2.75) is 6.92 Å². The smallest absolute Gasteiger partial charge is 0.278 e. The molecule has 3 aromatic carbocycles. The number of hydrogen-bond acceptors (Lipinski definition) is 4. The molecule has 4 aromatic rings. The Bertz CT molecular complexity index is 1110. The van der Waals surface area contributed by atoms with E-state index in [-0.39, 0.29) is 5.91 Å². The SMILES string of the molecule is COc1ccc(-c2cn(C(=O)c3ccccc3C)nc2-c2ccc(OC)cc2)cc1. The topological polar surface area (TPSA) is 53.4 Å². The monoisotopic (exact) mass is 398 g/mol. The lowest BCUT2D eigenvalue weighted by atomic mass is 10.0. The number of carbonyl (C=O) groups excluding carboxylic acids is 1. The van der Waals surface area contributed by atoms with Gasteiger partial charge in [-0.3, -0.25) is 4.79 Å². The summed E-state index contributed by atoms with van der Waals surface area (Å²) in [5.74, 6) is 1.37. The molecule has 30 heavy (non-hydrogen) atoms. The lowest BCUT2D eigenvalue weighted by Crippen LogP contribution is -2.13. The predicted molar refractivity (Wildman–Crippen MR) is 117 cm³/mol. The van der Waals surface area contributed by atoms with E-state index in [1.807, 2.05) is 79.7 Å².